The molecule has 0 amide bonds. The third kappa shape index (κ3) is 4.24. The van der Waals surface area contributed by atoms with Crippen LogP contribution in [0.2, 0.25) is 0 Å². The molecule has 2 nitrogen and oxygen atoms in total. The molecule has 2 unspecified atom stereocenters. The van der Waals surface area contributed by atoms with Gasteiger partial charge in [0, 0.05) is 24.2 Å². The van der Waals surface area contributed by atoms with Crippen molar-refractivity contribution in [3.05, 3.63) is 35.4 Å². The first-order valence-electron chi connectivity index (χ1n) is 8.04. The molecule has 21 heavy (non-hydrogen) atoms. The minimum Gasteiger partial charge on any atom is -0.313 e. The molecule has 1 heterocycles. The Balaban J connectivity index is 2.11. The van der Waals surface area contributed by atoms with Gasteiger partial charge in [0.2, 0.25) is 0 Å². The number of hydrogen-bond acceptors (Lipinski definition) is 2. The molecular weight excluding hydrogens is 270 g/mol. The van der Waals surface area contributed by atoms with E-state index < -0.39 is 11.6 Å². The summed E-state index contributed by atoms with van der Waals surface area (Å²) in [6.45, 7) is 7.01. The Bertz CT molecular complexity index is 444. The summed E-state index contributed by atoms with van der Waals surface area (Å²) in [7, 11) is 0. The van der Waals surface area contributed by atoms with Crippen molar-refractivity contribution in [3.8, 4) is 0 Å². The molecule has 4 heteroatoms. The lowest BCUT2D eigenvalue weighted by atomic mass is 10.0. The molecule has 118 valence electrons. The molecular formula is C17H26F2N2. The van der Waals surface area contributed by atoms with E-state index in [4.69, 9.17) is 0 Å². The second-order valence-electron chi connectivity index (χ2n) is 5.96. The third-order valence-corrected chi connectivity index (χ3v) is 4.40. The second kappa shape index (κ2) is 7.85. The number of halogens is 2. The van der Waals surface area contributed by atoms with Gasteiger partial charge in [-0.05, 0) is 45.3 Å². The van der Waals surface area contributed by atoms with E-state index in [0.717, 1.165) is 32.5 Å². The Kier molecular flexibility index (Phi) is 6.12. The fourth-order valence-electron chi connectivity index (χ4n) is 3.04. The van der Waals surface area contributed by atoms with Gasteiger partial charge in [0.05, 0.1) is 0 Å². The maximum Gasteiger partial charge on any atom is 0.163 e. The van der Waals surface area contributed by atoms with Crippen LogP contribution in [-0.4, -0.2) is 30.6 Å². The monoisotopic (exact) mass is 296 g/mol. The molecule has 0 radical (unpaired) electrons. The summed E-state index contributed by atoms with van der Waals surface area (Å²) in [6, 6.07) is 4.84. The summed E-state index contributed by atoms with van der Waals surface area (Å²) >= 11 is 0. The van der Waals surface area contributed by atoms with Crippen molar-refractivity contribution in [2.24, 2.45) is 0 Å². The number of rotatable bonds is 7. The summed E-state index contributed by atoms with van der Waals surface area (Å²) in [6.07, 6.45) is 4.55. The standard InChI is InChI=1S/C17H26F2N2/c1-3-4-11-21(12-14-7-6-10-20-14)13(2)15-8-5-9-16(18)17(15)19/h5,8-9,13-14,20H,3-4,6-7,10-12H2,1-2H3. The van der Waals surface area contributed by atoms with Crippen molar-refractivity contribution in [3.63, 3.8) is 0 Å². The minimum absolute atomic E-state index is 0.102. The van der Waals surface area contributed by atoms with E-state index in [9.17, 15) is 8.78 Å². The van der Waals surface area contributed by atoms with E-state index in [1.807, 2.05) is 6.92 Å². The van der Waals surface area contributed by atoms with Crippen LogP contribution in [-0.2, 0) is 0 Å². The zero-order chi connectivity index (χ0) is 15.2. The minimum atomic E-state index is -0.756. The molecule has 1 N–H and O–H groups in total. The lowest BCUT2D eigenvalue weighted by Crippen LogP contribution is -2.39. The molecule has 0 saturated carbocycles. The Morgan fingerprint density at radius 1 is 1.38 bits per heavy atom. The maximum atomic E-state index is 14.0. The van der Waals surface area contributed by atoms with Crippen molar-refractivity contribution in [2.45, 2.75) is 51.6 Å². The number of nitrogens with zero attached hydrogens (tertiary/aromatic N) is 1. The van der Waals surface area contributed by atoms with Crippen LogP contribution in [0, 0.1) is 11.6 Å². The highest BCUT2D eigenvalue weighted by molar-refractivity contribution is 5.22. The quantitative estimate of drug-likeness (QED) is 0.821. The van der Waals surface area contributed by atoms with Gasteiger partial charge in [-0.25, -0.2) is 8.78 Å². The van der Waals surface area contributed by atoms with Crippen LogP contribution >= 0.6 is 0 Å². The molecule has 0 aromatic heterocycles. The van der Waals surface area contributed by atoms with E-state index in [1.165, 1.54) is 18.9 Å². The fourth-order valence-corrected chi connectivity index (χ4v) is 3.04. The van der Waals surface area contributed by atoms with Gasteiger partial charge in [0.25, 0.3) is 0 Å². The summed E-state index contributed by atoms with van der Waals surface area (Å²) in [4.78, 5) is 2.28. The molecule has 1 aromatic carbocycles. The Morgan fingerprint density at radius 2 is 2.19 bits per heavy atom. The molecule has 1 saturated heterocycles. The van der Waals surface area contributed by atoms with Crippen LogP contribution in [0.4, 0.5) is 8.78 Å². The number of unbranched alkanes of at least 4 members (excludes halogenated alkanes) is 1. The average molecular weight is 296 g/mol. The van der Waals surface area contributed by atoms with Crippen molar-refractivity contribution in [2.75, 3.05) is 19.6 Å². The van der Waals surface area contributed by atoms with Crippen molar-refractivity contribution < 1.29 is 8.78 Å². The predicted octanol–water partition coefficient (Wildman–Crippen LogP) is 3.88. The van der Waals surface area contributed by atoms with Gasteiger partial charge in [0.15, 0.2) is 11.6 Å². The van der Waals surface area contributed by atoms with Gasteiger partial charge in [-0.3, -0.25) is 4.90 Å². The van der Waals surface area contributed by atoms with Crippen LogP contribution in [0.3, 0.4) is 0 Å². The Hall–Kier alpha value is -1.00. The lowest BCUT2D eigenvalue weighted by Gasteiger charge is -2.32. The molecule has 0 aliphatic carbocycles. The normalized spacial score (nSPS) is 20.1. The van der Waals surface area contributed by atoms with E-state index in [1.54, 1.807) is 12.1 Å². The van der Waals surface area contributed by atoms with Gasteiger partial charge in [-0.15, -0.1) is 0 Å². The summed E-state index contributed by atoms with van der Waals surface area (Å²) in [5, 5.41) is 3.49. The highest BCUT2D eigenvalue weighted by Gasteiger charge is 2.24. The van der Waals surface area contributed by atoms with Gasteiger partial charge in [-0.1, -0.05) is 25.5 Å². The first kappa shape index (κ1) is 16.4. The molecule has 1 aromatic rings. The van der Waals surface area contributed by atoms with Crippen LogP contribution < -0.4 is 5.32 Å². The second-order valence-corrected chi connectivity index (χ2v) is 5.96. The Morgan fingerprint density at radius 3 is 2.86 bits per heavy atom. The number of nitrogens with one attached hydrogen (secondary N) is 1. The average Bonchev–Trinajstić information content (AvgIpc) is 2.98. The third-order valence-electron chi connectivity index (χ3n) is 4.40. The van der Waals surface area contributed by atoms with E-state index in [-0.39, 0.29) is 6.04 Å². The van der Waals surface area contributed by atoms with Gasteiger partial charge in [-0.2, -0.15) is 0 Å². The van der Waals surface area contributed by atoms with Gasteiger partial charge >= 0.3 is 0 Å². The lowest BCUT2D eigenvalue weighted by molar-refractivity contribution is 0.185. The molecule has 2 rings (SSSR count). The van der Waals surface area contributed by atoms with Crippen LogP contribution in [0.15, 0.2) is 18.2 Å². The zero-order valence-corrected chi connectivity index (χ0v) is 13.0. The largest absolute Gasteiger partial charge is 0.313 e. The first-order valence-corrected chi connectivity index (χ1v) is 8.04. The molecule has 0 bridgehead atoms. The number of hydrogen-bond donors (Lipinski definition) is 1. The van der Waals surface area contributed by atoms with E-state index >= 15 is 0 Å². The highest BCUT2D eigenvalue weighted by atomic mass is 19.2. The molecule has 1 aliphatic rings. The van der Waals surface area contributed by atoms with Crippen molar-refractivity contribution in [1.29, 1.82) is 0 Å². The van der Waals surface area contributed by atoms with Crippen LogP contribution in [0.5, 0.6) is 0 Å². The molecule has 0 spiro atoms. The maximum absolute atomic E-state index is 14.0. The molecule has 2 atom stereocenters. The topological polar surface area (TPSA) is 15.3 Å². The van der Waals surface area contributed by atoms with Gasteiger partial charge < -0.3 is 5.32 Å². The SMILES string of the molecule is CCCCN(CC1CCCN1)C(C)c1cccc(F)c1F. The van der Waals surface area contributed by atoms with Crippen LogP contribution in [0.1, 0.15) is 51.1 Å². The van der Waals surface area contributed by atoms with Crippen LogP contribution in [0.25, 0.3) is 0 Å². The summed E-state index contributed by atoms with van der Waals surface area (Å²) < 4.78 is 27.5. The molecule has 1 aliphatic heterocycles. The highest BCUT2D eigenvalue weighted by Crippen LogP contribution is 2.25. The molecule has 1 fully saturated rings. The summed E-state index contributed by atoms with van der Waals surface area (Å²) in [5.74, 6) is -1.46. The van der Waals surface area contributed by atoms with Crippen molar-refractivity contribution >= 4 is 0 Å². The fraction of sp³-hybridized carbons (Fsp3) is 0.647. The van der Waals surface area contributed by atoms with E-state index in [0.29, 0.717) is 11.6 Å². The Labute approximate surface area is 126 Å². The smallest absolute Gasteiger partial charge is 0.163 e. The van der Waals surface area contributed by atoms with Gasteiger partial charge in [0.1, 0.15) is 0 Å². The van der Waals surface area contributed by atoms with Crippen molar-refractivity contribution in [1.82, 2.24) is 10.2 Å². The first-order chi connectivity index (χ1) is 10.1. The van der Waals surface area contributed by atoms with E-state index in [2.05, 4.69) is 17.1 Å². The number of benzene rings is 1. The zero-order valence-electron chi connectivity index (χ0n) is 13.0. The summed E-state index contributed by atoms with van der Waals surface area (Å²) in [5.41, 5.74) is 0.462. The predicted molar refractivity (Wildman–Crippen MR) is 82.3 cm³/mol.